The number of nitrogens with zero attached hydrogens (tertiary/aromatic N) is 1. The minimum Gasteiger partial charge on any atom is -0.496 e. The molecule has 0 aliphatic heterocycles. The highest BCUT2D eigenvalue weighted by molar-refractivity contribution is 5.98. The summed E-state index contributed by atoms with van der Waals surface area (Å²) in [5.41, 5.74) is 7.35. The van der Waals surface area contributed by atoms with E-state index < -0.39 is 5.91 Å². The van der Waals surface area contributed by atoms with Crippen molar-refractivity contribution in [1.82, 2.24) is 4.98 Å². The van der Waals surface area contributed by atoms with Gasteiger partial charge in [0.25, 0.3) is 0 Å². The third kappa shape index (κ3) is 1.69. The first-order valence-corrected chi connectivity index (χ1v) is 4.87. The molecule has 0 spiro atoms. The van der Waals surface area contributed by atoms with Gasteiger partial charge in [-0.3, -0.25) is 9.78 Å². The minimum absolute atomic E-state index is 0.454. The monoisotopic (exact) mass is 216 g/mol. The molecule has 2 N–H and O–H groups in total. The van der Waals surface area contributed by atoms with Crippen molar-refractivity contribution in [2.75, 3.05) is 7.11 Å². The van der Waals surface area contributed by atoms with Gasteiger partial charge in [0.2, 0.25) is 5.91 Å². The first kappa shape index (κ1) is 10.4. The molecule has 0 aliphatic rings. The minimum atomic E-state index is -0.454. The Kier molecular flexibility index (Phi) is 2.48. The van der Waals surface area contributed by atoms with E-state index in [2.05, 4.69) is 4.98 Å². The first-order valence-electron chi connectivity index (χ1n) is 4.87. The van der Waals surface area contributed by atoms with Crippen LogP contribution in [0.25, 0.3) is 10.9 Å². The van der Waals surface area contributed by atoms with Gasteiger partial charge in [-0.2, -0.15) is 0 Å². The van der Waals surface area contributed by atoms with Gasteiger partial charge in [-0.15, -0.1) is 0 Å². The van der Waals surface area contributed by atoms with Crippen molar-refractivity contribution in [3.05, 3.63) is 35.5 Å². The molecule has 4 heteroatoms. The highest BCUT2D eigenvalue weighted by Crippen LogP contribution is 2.25. The molecule has 16 heavy (non-hydrogen) atoms. The lowest BCUT2D eigenvalue weighted by Gasteiger charge is -2.07. The van der Waals surface area contributed by atoms with E-state index in [0.717, 1.165) is 16.6 Å². The molecule has 4 nitrogen and oxygen atoms in total. The van der Waals surface area contributed by atoms with Crippen LogP contribution in [0.3, 0.4) is 0 Å². The van der Waals surface area contributed by atoms with E-state index in [1.165, 1.54) is 0 Å². The number of aryl methyl sites for hydroxylation is 1. The van der Waals surface area contributed by atoms with Crippen LogP contribution >= 0.6 is 0 Å². The van der Waals surface area contributed by atoms with Crippen molar-refractivity contribution < 1.29 is 9.53 Å². The summed E-state index contributed by atoms with van der Waals surface area (Å²) in [4.78, 5) is 15.4. The molecule has 2 rings (SSSR count). The van der Waals surface area contributed by atoms with Crippen LogP contribution in [0.2, 0.25) is 0 Å². The van der Waals surface area contributed by atoms with Gasteiger partial charge >= 0.3 is 0 Å². The van der Waals surface area contributed by atoms with Crippen molar-refractivity contribution in [2.24, 2.45) is 5.73 Å². The van der Waals surface area contributed by atoms with Gasteiger partial charge in [0.05, 0.1) is 12.6 Å². The van der Waals surface area contributed by atoms with E-state index in [1.807, 2.05) is 13.0 Å². The number of ether oxygens (including phenoxy) is 1. The standard InChI is InChI=1S/C12H12N2O2/c1-7-5-11(16-2)9-6-8(12(13)15)3-4-10(9)14-7/h3-6H,1-2H3,(H2,13,15). The maximum atomic E-state index is 11.1. The molecular formula is C12H12N2O2. The number of rotatable bonds is 2. The van der Waals surface area contributed by atoms with E-state index in [9.17, 15) is 4.79 Å². The summed E-state index contributed by atoms with van der Waals surface area (Å²) >= 11 is 0. The van der Waals surface area contributed by atoms with Crippen LogP contribution in [0, 0.1) is 6.92 Å². The van der Waals surface area contributed by atoms with Crippen molar-refractivity contribution in [1.29, 1.82) is 0 Å². The number of pyridine rings is 1. The summed E-state index contributed by atoms with van der Waals surface area (Å²) in [6.45, 7) is 1.89. The van der Waals surface area contributed by atoms with Crippen LogP contribution in [0.1, 0.15) is 16.1 Å². The maximum absolute atomic E-state index is 11.1. The topological polar surface area (TPSA) is 65.2 Å². The average Bonchev–Trinajstić information content (AvgIpc) is 2.27. The van der Waals surface area contributed by atoms with Crippen molar-refractivity contribution in [2.45, 2.75) is 6.92 Å². The fourth-order valence-corrected chi connectivity index (χ4v) is 1.64. The number of primary amides is 1. The molecule has 0 saturated heterocycles. The molecule has 2 aromatic rings. The lowest BCUT2D eigenvalue weighted by Crippen LogP contribution is -2.10. The highest BCUT2D eigenvalue weighted by Gasteiger charge is 2.07. The van der Waals surface area contributed by atoms with Gasteiger partial charge < -0.3 is 10.5 Å². The number of carbonyl (C=O) groups excluding carboxylic acids is 1. The van der Waals surface area contributed by atoms with Gasteiger partial charge in [0, 0.05) is 22.7 Å². The Balaban J connectivity index is 2.75. The summed E-state index contributed by atoms with van der Waals surface area (Å²) < 4.78 is 5.25. The second kappa shape index (κ2) is 3.81. The molecule has 0 atom stereocenters. The highest BCUT2D eigenvalue weighted by atomic mass is 16.5. The second-order valence-electron chi connectivity index (χ2n) is 3.56. The molecule has 1 aromatic heterocycles. The molecule has 1 aromatic carbocycles. The Morgan fingerprint density at radius 2 is 2.12 bits per heavy atom. The van der Waals surface area contributed by atoms with Crippen molar-refractivity contribution in [3.8, 4) is 5.75 Å². The summed E-state index contributed by atoms with van der Waals surface area (Å²) in [6, 6.07) is 6.96. The zero-order valence-corrected chi connectivity index (χ0v) is 9.15. The predicted molar refractivity (Wildman–Crippen MR) is 61.5 cm³/mol. The van der Waals surface area contributed by atoms with Crippen LogP contribution < -0.4 is 10.5 Å². The Morgan fingerprint density at radius 1 is 1.38 bits per heavy atom. The molecule has 0 fully saturated rings. The number of benzene rings is 1. The molecular weight excluding hydrogens is 204 g/mol. The van der Waals surface area contributed by atoms with Gasteiger partial charge in [-0.25, -0.2) is 0 Å². The number of amides is 1. The third-order valence-corrected chi connectivity index (χ3v) is 2.40. The molecule has 1 amide bonds. The molecule has 0 saturated carbocycles. The lowest BCUT2D eigenvalue weighted by molar-refractivity contribution is 0.100. The Bertz CT molecular complexity index is 564. The molecule has 0 unspecified atom stereocenters. The first-order chi connectivity index (χ1) is 7.61. The van der Waals surface area contributed by atoms with Crippen LogP contribution in [0.4, 0.5) is 0 Å². The number of methoxy groups -OCH3 is 1. The molecule has 82 valence electrons. The van der Waals surface area contributed by atoms with Crippen LogP contribution in [-0.4, -0.2) is 18.0 Å². The Morgan fingerprint density at radius 3 is 2.75 bits per heavy atom. The quantitative estimate of drug-likeness (QED) is 0.830. The molecule has 1 heterocycles. The predicted octanol–water partition coefficient (Wildman–Crippen LogP) is 1.65. The van der Waals surface area contributed by atoms with Crippen molar-refractivity contribution in [3.63, 3.8) is 0 Å². The van der Waals surface area contributed by atoms with Gasteiger partial charge in [0.1, 0.15) is 5.75 Å². The van der Waals surface area contributed by atoms with E-state index >= 15 is 0 Å². The van der Waals surface area contributed by atoms with E-state index in [4.69, 9.17) is 10.5 Å². The summed E-state index contributed by atoms with van der Waals surface area (Å²) in [7, 11) is 1.59. The van der Waals surface area contributed by atoms with Crippen LogP contribution in [0.5, 0.6) is 5.75 Å². The number of hydrogen-bond acceptors (Lipinski definition) is 3. The van der Waals surface area contributed by atoms with Crippen LogP contribution in [0.15, 0.2) is 24.3 Å². The van der Waals surface area contributed by atoms with Gasteiger partial charge in [-0.05, 0) is 25.1 Å². The summed E-state index contributed by atoms with van der Waals surface area (Å²) in [5.74, 6) is 0.245. The fraction of sp³-hybridized carbons (Fsp3) is 0.167. The Labute approximate surface area is 93.0 Å². The number of carbonyl (C=O) groups is 1. The molecule has 0 aliphatic carbocycles. The van der Waals surface area contributed by atoms with E-state index in [1.54, 1.807) is 25.3 Å². The van der Waals surface area contributed by atoms with Gasteiger partial charge in [-0.1, -0.05) is 0 Å². The molecule has 0 bridgehead atoms. The Hall–Kier alpha value is -2.10. The molecule has 0 radical (unpaired) electrons. The van der Waals surface area contributed by atoms with Crippen LogP contribution in [-0.2, 0) is 0 Å². The normalized spacial score (nSPS) is 10.4. The van der Waals surface area contributed by atoms with E-state index in [0.29, 0.717) is 11.3 Å². The number of nitrogens with two attached hydrogens (primary N) is 1. The number of fused-ring (bicyclic) bond motifs is 1. The van der Waals surface area contributed by atoms with E-state index in [-0.39, 0.29) is 0 Å². The van der Waals surface area contributed by atoms with Crippen molar-refractivity contribution >= 4 is 16.8 Å². The fourth-order valence-electron chi connectivity index (χ4n) is 1.64. The average molecular weight is 216 g/mol. The summed E-state index contributed by atoms with van der Waals surface area (Å²) in [5, 5.41) is 0.796. The maximum Gasteiger partial charge on any atom is 0.248 e. The lowest BCUT2D eigenvalue weighted by atomic mass is 10.1. The second-order valence-corrected chi connectivity index (χ2v) is 3.56. The smallest absolute Gasteiger partial charge is 0.248 e. The zero-order chi connectivity index (χ0) is 11.7. The van der Waals surface area contributed by atoms with Gasteiger partial charge in [0.15, 0.2) is 0 Å². The number of aromatic nitrogens is 1. The SMILES string of the molecule is COc1cc(C)nc2ccc(C(N)=O)cc12. The summed E-state index contributed by atoms with van der Waals surface area (Å²) in [6.07, 6.45) is 0. The number of hydrogen-bond donors (Lipinski definition) is 1. The zero-order valence-electron chi connectivity index (χ0n) is 9.15. The third-order valence-electron chi connectivity index (χ3n) is 2.40. The largest absolute Gasteiger partial charge is 0.496 e.